The monoisotopic (exact) mass is 386 g/mol. The van der Waals surface area contributed by atoms with Crippen LogP contribution >= 0.6 is 23.2 Å². The molecule has 0 aromatic heterocycles. The highest BCUT2D eigenvalue weighted by atomic mass is 35.5. The average Bonchev–Trinajstić information content (AvgIpc) is 3.06. The molecule has 136 valence electrons. The first-order chi connectivity index (χ1) is 11.8. The number of rotatable bonds is 6. The largest absolute Gasteiger partial charge is 0.481 e. The van der Waals surface area contributed by atoms with E-state index in [-0.39, 0.29) is 18.4 Å². The van der Waals surface area contributed by atoms with Gasteiger partial charge in [0, 0.05) is 12.5 Å². The van der Waals surface area contributed by atoms with Crippen molar-refractivity contribution < 1.29 is 19.5 Å². The zero-order valence-corrected chi connectivity index (χ0v) is 15.3. The number of para-hydroxylation sites is 1. The lowest BCUT2D eigenvalue weighted by atomic mass is 10.0. The summed E-state index contributed by atoms with van der Waals surface area (Å²) >= 11 is 12.0. The molecule has 1 aromatic carbocycles. The van der Waals surface area contributed by atoms with E-state index >= 15 is 0 Å². The van der Waals surface area contributed by atoms with Gasteiger partial charge in [-0.15, -0.1) is 0 Å². The third-order valence-electron chi connectivity index (χ3n) is 4.39. The molecule has 1 fully saturated rings. The molecule has 1 aliphatic carbocycles. The predicted molar refractivity (Wildman–Crippen MR) is 95.8 cm³/mol. The van der Waals surface area contributed by atoms with E-state index in [0.29, 0.717) is 41.5 Å². The highest BCUT2D eigenvalue weighted by Gasteiger charge is 2.36. The second-order valence-corrected chi connectivity index (χ2v) is 6.86. The standard InChI is InChI=1S/C17H20Cl2N2O4/c1-2-21(16(23)10-6-7-11(8-10)17(24)25)9-14(22)20-15-12(18)4-3-5-13(15)19/h3-5,10-11H,2,6-9H2,1H3,(H,20,22)(H,24,25)/t10-,11+/m1/s1. The second kappa shape index (κ2) is 8.54. The van der Waals surface area contributed by atoms with Crippen LogP contribution in [0.3, 0.4) is 0 Å². The molecule has 0 unspecified atom stereocenters. The minimum Gasteiger partial charge on any atom is -0.481 e. The van der Waals surface area contributed by atoms with Gasteiger partial charge in [-0.3, -0.25) is 14.4 Å². The van der Waals surface area contributed by atoms with Gasteiger partial charge in [0.05, 0.1) is 28.2 Å². The molecular weight excluding hydrogens is 367 g/mol. The van der Waals surface area contributed by atoms with Crippen LogP contribution in [0.25, 0.3) is 0 Å². The Bertz CT molecular complexity index is 660. The number of hydrogen-bond acceptors (Lipinski definition) is 3. The van der Waals surface area contributed by atoms with Crippen LogP contribution in [0.15, 0.2) is 18.2 Å². The zero-order chi connectivity index (χ0) is 18.6. The van der Waals surface area contributed by atoms with Crippen molar-refractivity contribution in [1.82, 2.24) is 4.90 Å². The maximum Gasteiger partial charge on any atom is 0.306 e. The fraction of sp³-hybridized carbons (Fsp3) is 0.471. The van der Waals surface area contributed by atoms with Gasteiger partial charge in [0.1, 0.15) is 0 Å². The van der Waals surface area contributed by atoms with Gasteiger partial charge in [-0.1, -0.05) is 29.3 Å². The molecule has 1 saturated carbocycles. The Balaban J connectivity index is 1.98. The number of nitrogens with one attached hydrogen (secondary N) is 1. The number of likely N-dealkylation sites (N-methyl/N-ethyl adjacent to an activating group) is 1. The first kappa shape index (κ1) is 19.5. The Labute approximate surface area is 156 Å². The van der Waals surface area contributed by atoms with Crippen LogP contribution in [-0.4, -0.2) is 40.9 Å². The highest BCUT2D eigenvalue weighted by molar-refractivity contribution is 6.39. The Hall–Kier alpha value is -1.79. The van der Waals surface area contributed by atoms with E-state index < -0.39 is 17.8 Å². The van der Waals surface area contributed by atoms with E-state index in [2.05, 4.69) is 5.32 Å². The molecule has 0 spiro atoms. The van der Waals surface area contributed by atoms with E-state index in [1.54, 1.807) is 25.1 Å². The van der Waals surface area contributed by atoms with Gasteiger partial charge in [-0.05, 0) is 38.3 Å². The molecule has 25 heavy (non-hydrogen) atoms. The van der Waals surface area contributed by atoms with Gasteiger partial charge in [0.25, 0.3) is 0 Å². The molecule has 2 amide bonds. The number of carbonyl (C=O) groups is 3. The number of nitrogens with zero attached hydrogens (tertiary/aromatic N) is 1. The maximum absolute atomic E-state index is 12.6. The first-order valence-electron chi connectivity index (χ1n) is 8.09. The van der Waals surface area contributed by atoms with Gasteiger partial charge >= 0.3 is 5.97 Å². The lowest BCUT2D eigenvalue weighted by molar-refractivity contribution is -0.142. The number of benzene rings is 1. The molecule has 8 heteroatoms. The number of carbonyl (C=O) groups excluding carboxylic acids is 2. The summed E-state index contributed by atoms with van der Waals surface area (Å²) in [6.45, 7) is 2.00. The van der Waals surface area contributed by atoms with Crippen molar-refractivity contribution >= 4 is 46.7 Å². The van der Waals surface area contributed by atoms with Crippen molar-refractivity contribution in [3.8, 4) is 0 Å². The van der Waals surface area contributed by atoms with Crippen LogP contribution in [0.4, 0.5) is 5.69 Å². The smallest absolute Gasteiger partial charge is 0.306 e. The normalized spacial score (nSPS) is 19.5. The number of amides is 2. The van der Waals surface area contributed by atoms with Gasteiger partial charge in [0.2, 0.25) is 11.8 Å². The quantitative estimate of drug-likeness (QED) is 0.784. The van der Waals surface area contributed by atoms with Crippen LogP contribution in [0.1, 0.15) is 26.2 Å². The van der Waals surface area contributed by atoms with E-state index in [1.165, 1.54) is 4.90 Å². The Morgan fingerprint density at radius 2 is 1.80 bits per heavy atom. The third-order valence-corrected chi connectivity index (χ3v) is 5.02. The summed E-state index contributed by atoms with van der Waals surface area (Å²) in [7, 11) is 0. The van der Waals surface area contributed by atoms with E-state index in [4.69, 9.17) is 28.3 Å². The summed E-state index contributed by atoms with van der Waals surface area (Å²) in [6.07, 6.45) is 1.34. The van der Waals surface area contributed by atoms with Crippen LogP contribution in [0, 0.1) is 11.8 Å². The van der Waals surface area contributed by atoms with Crippen LogP contribution in [-0.2, 0) is 14.4 Å². The summed E-state index contributed by atoms with van der Waals surface area (Å²) < 4.78 is 0. The topological polar surface area (TPSA) is 86.7 Å². The molecule has 0 bridgehead atoms. The maximum atomic E-state index is 12.6. The minimum atomic E-state index is -0.871. The Morgan fingerprint density at radius 1 is 1.20 bits per heavy atom. The fourth-order valence-electron chi connectivity index (χ4n) is 3.00. The molecule has 1 aromatic rings. The summed E-state index contributed by atoms with van der Waals surface area (Å²) in [5.41, 5.74) is 0.311. The minimum absolute atomic E-state index is 0.134. The molecule has 0 radical (unpaired) electrons. The van der Waals surface area contributed by atoms with Crippen molar-refractivity contribution in [2.45, 2.75) is 26.2 Å². The van der Waals surface area contributed by atoms with E-state index in [9.17, 15) is 14.4 Å². The molecular formula is C17H20Cl2N2O4. The molecule has 6 nitrogen and oxygen atoms in total. The number of carboxylic acid groups (broad SMARTS) is 1. The molecule has 1 aliphatic rings. The van der Waals surface area contributed by atoms with Gasteiger partial charge < -0.3 is 15.3 Å². The molecule has 2 rings (SSSR count). The van der Waals surface area contributed by atoms with E-state index in [0.717, 1.165) is 0 Å². The van der Waals surface area contributed by atoms with Crippen LogP contribution in [0.2, 0.25) is 10.0 Å². The average molecular weight is 387 g/mol. The highest BCUT2D eigenvalue weighted by Crippen LogP contribution is 2.33. The van der Waals surface area contributed by atoms with Crippen molar-refractivity contribution in [1.29, 1.82) is 0 Å². The summed E-state index contributed by atoms with van der Waals surface area (Å²) in [6, 6.07) is 4.88. The lowest BCUT2D eigenvalue weighted by Crippen LogP contribution is -2.40. The molecule has 0 saturated heterocycles. The molecule has 2 atom stereocenters. The molecule has 2 N–H and O–H groups in total. The third kappa shape index (κ3) is 4.86. The Morgan fingerprint density at radius 3 is 2.32 bits per heavy atom. The van der Waals surface area contributed by atoms with Crippen LogP contribution in [0.5, 0.6) is 0 Å². The second-order valence-electron chi connectivity index (χ2n) is 6.04. The SMILES string of the molecule is CCN(CC(=O)Nc1c(Cl)cccc1Cl)C(=O)[C@@H]1CC[C@H](C(=O)O)C1. The van der Waals surface area contributed by atoms with Crippen molar-refractivity contribution in [2.24, 2.45) is 11.8 Å². The first-order valence-corrected chi connectivity index (χ1v) is 8.84. The predicted octanol–water partition coefficient (Wildman–Crippen LogP) is 3.28. The number of halogens is 2. The zero-order valence-electron chi connectivity index (χ0n) is 13.8. The molecule has 0 heterocycles. The Kier molecular flexibility index (Phi) is 6.67. The van der Waals surface area contributed by atoms with Gasteiger partial charge in [-0.2, -0.15) is 0 Å². The number of anilines is 1. The number of hydrogen-bond donors (Lipinski definition) is 2. The van der Waals surface area contributed by atoms with Crippen molar-refractivity contribution in [2.75, 3.05) is 18.4 Å². The van der Waals surface area contributed by atoms with Crippen molar-refractivity contribution in [3.63, 3.8) is 0 Å². The van der Waals surface area contributed by atoms with Gasteiger partial charge in [0.15, 0.2) is 0 Å². The van der Waals surface area contributed by atoms with E-state index in [1.807, 2.05) is 0 Å². The fourth-order valence-corrected chi connectivity index (χ4v) is 3.50. The summed E-state index contributed by atoms with van der Waals surface area (Å²) in [4.78, 5) is 37.3. The van der Waals surface area contributed by atoms with Crippen molar-refractivity contribution in [3.05, 3.63) is 28.2 Å². The molecule has 0 aliphatic heterocycles. The number of aliphatic carboxylic acids is 1. The summed E-state index contributed by atoms with van der Waals surface area (Å²) in [5, 5.41) is 12.3. The lowest BCUT2D eigenvalue weighted by Gasteiger charge is -2.24. The summed E-state index contributed by atoms with van der Waals surface area (Å²) in [5.74, 6) is -2.30. The van der Waals surface area contributed by atoms with Crippen LogP contribution < -0.4 is 5.32 Å². The number of carboxylic acids is 1. The van der Waals surface area contributed by atoms with Gasteiger partial charge in [-0.25, -0.2) is 0 Å².